The average Bonchev–Trinajstić information content (AvgIpc) is 2.15. The molecule has 0 aliphatic heterocycles. The Balaban J connectivity index is 2.27. The van der Waals surface area contributed by atoms with E-state index in [2.05, 4.69) is 62.0 Å². The van der Waals surface area contributed by atoms with Crippen molar-refractivity contribution in [1.82, 2.24) is 0 Å². The first-order chi connectivity index (χ1) is 7.22. The van der Waals surface area contributed by atoms with Crippen LogP contribution in [0.25, 0.3) is 0 Å². The third kappa shape index (κ3) is 2.39. The normalized spacial score (nSPS) is 16.2. The van der Waals surface area contributed by atoms with E-state index in [1.165, 1.54) is 30.5 Å². The van der Waals surface area contributed by atoms with Gasteiger partial charge in [-0.25, -0.2) is 0 Å². The monoisotopic (exact) mass is 331 g/mol. The van der Waals surface area contributed by atoms with Gasteiger partial charge in [-0.2, -0.15) is 0 Å². The van der Waals surface area contributed by atoms with Gasteiger partial charge in [0.1, 0.15) is 0 Å². The Bertz CT molecular complexity index is 347. The Kier molecular flexibility index (Phi) is 3.73. The Morgan fingerprint density at radius 1 is 1.40 bits per heavy atom. The Labute approximate surface area is 108 Å². The molecule has 0 unspecified atom stereocenters. The quantitative estimate of drug-likeness (QED) is 0.744. The number of anilines is 1. The first-order valence-electron chi connectivity index (χ1n) is 5.29. The van der Waals surface area contributed by atoms with E-state index in [4.69, 9.17) is 0 Å². The maximum Gasteiger partial charge on any atom is 0.0418 e. The van der Waals surface area contributed by atoms with Gasteiger partial charge in [0.05, 0.1) is 0 Å². The van der Waals surface area contributed by atoms with Crippen molar-refractivity contribution < 1.29 is 0 Å². The van der Waals surface area contributed by atoms with Crippen molar-refractivity contribution in [3.63, 3.8) is 0 Å². The summed E-state index contributed by atoms with van der Waals surface area (Å²) >= 11 is 7.09. The van der Waals surface area contributed by atoms with Gasteiger partial charge < -0.3 is 4.90 Å². The van der Waals surface area contributed by atoms with Crippen molar-refractivity contribution in [1.29, 1.82) is 0 Å². The number of rotatable bonds is 3. The smallest absolute Gasteiger partial charge is 0.0418 e. The van der Waals surface area contributed by atoms with Crippen LogP contribution in [-0.2, 0) is 5.33 Å². The van der Waals surface area contributed by atoms with E-state index < -0.39 is 0 Å². The lowest BCUT2D eigenvalue weighted by Crippen LogP contribution is -2.37. The van der Waals surface area contributed by atoms with Crippen LogP contribution in [0.3, 0.4) is 0 Å². The molecule has 0 radical (unpaired) electrons. The fraction of sp³-hybridized carbons (Fsp3) is 0.500. The molecule has 1 saturated carbocycles. The third-order valence-electron chi connectivity index (χ3n) is 3.19. The van der Waals surface area contributed by atoms with Crippen LogP contribution in [0, 0.1) is 0 Å². The van der Waals surface area contributed by atoms with E-state index in [9.17, 15) is 0 Å². The SMILES string of the molecule is CN(c1cc(Br)ccc1CBr)C1CCC1. The number of hydrogen-bond donors (Lipinski definition) is 0. The zero-order valence-corrected chi connectivity index (χ0v) is 12.0. The molecule has 0 heterocycles. The summed E-state index contributed by atoms with van der Waals surface area (Å²) in [5, 5.41) is 0.923. The summed E-state index contributed by atoms with van der Waals surface area (Å²) in [5.41, 5.74) is 2.72. The van der Waals surface area contributed by atoms with E-state index in [0.717, 1.165) is 15.8 Å². The third-order valence-corrected chi connectivity index (χ3v) is 4.29. The van der Waals surface area contributed by atoms with Crippen LogP contribution >= 0.6 is 31.9 Å². The topological polar surface area (TPSA) is 3.24 Å². The zero-order chi connectivity index (χ0) is 10.8. The molecular weight excluding hydrogens is 318 g/mol. The van der Waals surface area contributed by atoms with Gasteiger partial charge in [0.2, 0.25) is 0 Å². The second-order valence-corrected chi connectivity index (χ2v) is 5.58. The molecule has 1 aliphatic carbocycles. The van der Waals surface area contributed by atoms with E-state index >= 15 is 0 Å². The fourth-order valence-corrected chi connectivity index (χ4v) is 2.77. The molecule has 0 saturated heterocycles. The molecule has 0 N–H and O–H groups in total. The molecule has 1 aromatic rings. The van der Waals surface area contributed by atoms with Crippen molar-refractivity contribution in [3.8, 4) is 0 Å². The molecule has 3 heteroatoms. The lowest BCUT2D eigenvalue weighted by atomic mass is 9.91. The van der Waals surface area contributed by atoms with Gasteiger partial charge in [-0.3, -0.25) is 0 Å². The number of nitrogens with zero attached hydrogens (tertiary/aromatic N) is 1. The Morgan fingerprint density at radius 2 is 2.13 bits per heavy atom. The summed E-state index contributed by atoms with van der Waals surface area (Å²) in [5.74, 6) is 0. The zero-order valence-electron chi connectivity index (χ0n) is 8.84. The number of halogens is 2. The van der Waals surface area contributed by atoms with Gasteiger partial charge in [-0.15, -0.1) is 0 Å². The predicted octanol–water partition coefficient (Wildman–Crippen LogP) is 4.33. The summed E-state index contributed by atoms with van der Waals surface area (Å²) in [6.45, 7) is 0. The molecule has 1 nitrogen and oxygen atoms in total. The maximum atomic E-state index is 3.55. The second kappa shape index (κ2) is 4.88. The Morgan fingerprint density at radius 3 is 2.67 bits per heavy atom. The minimum atomic E-state index is 0.747. The molecule has 0 aromatic heterocycles. The molecule has 82 valence electrons. The van der Waals surface area contributed by atoms with Crippen LogP contribution in [0.1, 0.15) is 24.8 Å². The van der Waals surface area contributed by atoms with Crippen molar-refractivity contribution in [3.05, 3.63) is 28.2 Å². The van der Waals surface area contributed by atoms with Gasteiger partial charge in [0, 0.05) is 28.6 Å². The van der Waals surface area contributed by atoms with Crippen LogP contribution in [0.2, 0.25) is 0 Å². The van der Waals surface area contributed by atoms with Crippen molar-refractivity contribution in [2.75, 3.05) is 11.9 Å². The first-order valence-corrected chi connectivity index (χ1v) is 7.21. The fourth-order valence-electron chi connectivity index (χ4n) is 1.95. The van der Waals surface area contributed by atoms with Crippen LogP contribution < -0.4 is 4.90 Å². The molecule has 2 rings (SSSR count). The maximum absolute atomic E-state index is 3.55. The van der Waals surface area contributed by atoms with E-state index in [0.29, 0.717) is 0 Å². The van der Waals surface area contributed by atoms with Crippen LogP contribution in [-0.4, -0.2) is 13.1 Å². The Hall–Kier alpha value is -0.0200. The van der Waals surface area contributed by atoms with Crippen molar-refractivity contribution in [2.45, 2.75) is 30.6 Å². The van der Waals surface area contributed by atoms with Gasteiger partial charge in [-0.1, -0.05) is 37.9 Å². The molecular formula is C12H15Br2N. The lowest BCUT2D eigenvalue weighted by molar-refractivity contribution is 0.401. The van der Waals surface area contributed by atoms with Gasteiger partial charge in [-0.05, 0) is 37.0 Å². The summed E-state index contributed by atoms with van der Waals surface area (Å²) in [7, 11) is 2.21. The molecule has 1 fully saturated rings. The highest BCUT2D eigenvalue weighted by Crippen LogP contribution is 2.32. The standard InChI is InChI=1S/C12H15Br2N/c1-15(11-3-2-4-11)12-7-10(14)6-5-9(12)8-13/h5-7,11H,2-4,8H2,1H3. The second-order valence-electron chi connectivity index (χ2n) is 4.10. The lowest BCUT2D eigenvalue weighted by Gasteiger charge is -2.37. The first kappa shape index (κ1) is 11.5. The minimum absolute atomic E-state index is 0.747. The highest BCUT2D eigenvalue weighted by Gasteiger charge is 2.23. The number of hydrogen-bond acceptors (Lipinski definition) is 1. The summed E-state index contributed by atoms with van der Waals surface area (Å²) in [4.78, 5) is 2.42. The molecule has 1 aromatic carbocycles. The summed E-state index contributed by atoms with van der Waals surface area (Å²) in [6, 6.07) is 7.25. The average molecular weight is 333 g/mol. The molecule has 0 atom stereocenters. The van der Waals surface area contributed by atoms with E-state index in [1.807, 2.05) is 0 Å². The van der Waals surface area contributed by atoms with Gasteiger partial charge in [0.15, 0.2) is 0 Å². The van der Waals surface area contributed by atoms with Gasteiger partial charge in [0.25, 0.3) is 0 Å². The van der Waals surface area contributed by atoms with Crippen molar-refractivity contribution >= 4 is 37.5 Å². The molecule has 0 spiro atoms. The predicted molar refractivity (Wildman–Crippen MR) is 72.8 cm³/mol. The van der Waals surface area contributed by atoms with Gasteiger partial charge >= 0.3 is 0 Å². The molecule has 0 amide bonds. The minimum Gasteiger partial charge on any atom is -0.371 e. The van der Waals surface area contributed by atoms with E-state index in [-0.39, 0.29) is 0 Å². The molecule has 0 bridgehead atoms. The van der Waals surface area contributed by atoms with Crippen LogP contribution in [0.15, 0.2) is 22.7 Å². The number of alkyl halides is 1. The number of benzene rings is 1. The largest absolute Gasteiger partial charge is 0.371 e. The van der Waals surface area contributed by atoms with Crippen LogP contribution in [0.5, 0.6) is 0 Å². The molecule has 1 aliphatic rings. The van der Waals surface area contributed by atoms with Crippen molar-refractivity contribution in [2.24, 2.45) is 0 Å². The highest BCUT2D eigenvalue weighted by atomic mass is 79.9. The highest BCUT2D eigenvalue weighted by molar-refractivity contribution is 9.10. The molecule has 15 heavy (non-hydrogen) atoms. The summed E-state index contributed by atoms with van der Waals surface area (Å²) < 4.78 is 1.16. The summed E-state index contributed by atoms with van der Waals surface area (Å²) in [6.07, 6.45) is 4.06. The van der Waals surface area contributed by atoms with Crippen LogP contribution in [0.4, 0.5) is 5.69 Å². The van der Waals surface area contributed by atoms with E-state index in [1.54, 1.807) is 0 Å².